The Bertz CT molecular complexity index is 1470. The number of aromatic nitrogens is 5. The monoisotopic (exact) mass is 453 g/mol. The average Bonchev–Trinajstić information content (AvgIpc) is 3.51. The van der Waals surface area contributed by atoms with E-state index in [1.54, 1.807) is 23.1 Å². The smallest absolute Gasteiger partial charge is 0.213 e. The summed E-state index contributed by atoms with van der Waals surface area (Å²) in [4.78, 5) is 10.6. The molecular weight excluding hydrogens is 434 g/mol. The van der Waals surface area contributed by atoms with Crippen molar-refractivity contribution in [3.8, 4) is 11.3 Å². The molecule has 0 N–H and O–H groups in total. The zero-order valence-electron chi connectivity index (χ0n) is 17.1. The molecular formula is C25H19N5S2. The van der Waals surface area contributed by atoms with Crippen LogP contribution in [0.1, 0.15) is 11.4 Å². The highest BCUT2D eigenvalue weighted by Gasteiger charge is 2.14. The topological polar surface area (TPSA) is 48.0 Å². The van der Waals surface area contributed by atoms with Gasteiger partial charge in [-0.1, -0.05) is 95.9 Å². The van der Waals surface area contributed by atoms with Crippen molar-refractivity contribution in [3.05, 3.63) is 103 Å². The van der Waals surface area contributed by atoms with Crippen molar-refractivity contribution in [2.45, 2.75) is 16.6 Å². The van der Waals surface area contributed by atoms with E-state index in [0.717, 1.165) is 49.7 Å². The van der Waals surface area contributed by atoms with Crippen LogP contribution >= 0.6 is 23.1 Å². The largest absolute Gasteiger partial charge is 0.323 e. The van der Waals surface area contributed by atoms with Crippen molar-refractivity contribution in [1.82, 2.24) is 24.1 Å². The lowest BCUT2D eigenvalue weighted by Gasteiger charge is -2.09. The van der Waals surface area contributed by atoms with Crippen LogP contribution in [0.4, 0.5) is 0 Å². The third-order valence-electron chi connectivity index (χ3n) is 5.34. The number of para-hydroxylation sites is 2. The van der Waals surface area contributed by atoms with E-state index in [4.69, 9.17) is 15.1 Å². The summed E-state index contributed by atoms with van der Waals surface area (Å²) in [5, 5.41) is 4.74. The molecule has 5 nitrogen and oxygen atoms in total. The average molecular weight is 454 g/mol. The molecule has 0 bridgehead atoms. The highest BCUT2D eigenvalue weighted by Crippen LogP contribution is 2.30. The summed E-state index contributed by atoms with van der Waals surface area (Å²) < 4.78 is 5.18. The van der Waals surface area contributed by atoms with Gasteiger partial charge in [0.05, 0.1) is 28.7 Å². The molecule has 0 radical (unpaired) electrons. The Balaban J connectivity index is 1.26. The van der Waals surface area contributed by atoms with Gasteiger partial charge in [-0.15, -0.1) is 5.10 Å². The lowest BCUT2D eigenvalue weighted by molar-refractivity contribution is 0.780. The molecule has 0 aliphatic carbocycles. The number of thioether (sulfide) groups is 1. The van der Waals surface area contributed by atoms with Crippen molar-refractivity contribution < 1.29 is 0 Å². The molecule has 0 spiro atoms. The highest BCUT2D eigenvalue weighted by atomic mass is 32.2. The van der Waals surface area contributed by atoms with Crippen molar-refractivity contribution in [2.75, 3.05) is 0 Å². The van der Waals surface area contributed by atoms with Gasteiger partial charge in [-0.3, -0.25) is 0 Å². The Morgan fingerprint density at radius 3 is 2.38 bits per heavy atom. The number of hydrogen-bond acceptors (Lipinski definition) is 5. The fourth-order valence-corrected chi connectivity index (χ4v) is 5.66. The molecule has 0 saturated carbocycles. The molecule has 7 heteroatoms. The second-order valence-corrected chi connectivity index (χ2v) is 9.64. The Kier molecular flexibility index (Phi) is 4.97. The molecule has 3 aromatic carbocycles. The van der Waals surface area contributed by atoms with E-state index >= 15 is 0 Å². The zero-order chi connectivity index (χ0) is 21.3. The van der Waals surface area contributed by atoms with E-state index in [2.05, 4.69) is 59.2 Å². The molecule has 6 rings (SSSR count). The first kappa shape index (κ1) is 19.3. The lowest BCUT2D eigenvalue weighted by atomic mass is 10.2. The number of fused-ring (bicyclic) bond motifs is 2. The molecule has 0 saturated heterocycles. The van der Waals surface area contributed by atoms with E-state index < -0.39 is 0 Å². The molecule has 0 aliphatic heterocycles. The summed E-state index contributed by atoms with van der Waals surface area (Å²) in [5.74, 6) is 1.81. The summed E-state index contributed by atoms with van der Waals surface area (Å²) in [6, 6.07) is 29.1. The molecule has 0 unspecified atom stereocenters. The summed E-state index contributed by atoms with van der Waals surface area (Å²) in [5.41, 5.74) is 5.51. The third kappa shape index (κ3) is 3.70. The Labute approximate surface area is 193 Å². The number of benzene rings is 3. The molecule has 3 heterocycles. The predicted molar refractivity (Wildman–Crippen MR) is 131 cm³/mol. The van der Waals surface area contributed by atoms with Gasteiger partial charge in [-0.2, -0.15) is 0 Å². The molecule has 0 atom stereocenters. The SMILES string of the molecule is c1ccc(Cn2c(CSc3nn4cc(-c5ccccc5)nc4s3)nc3ccccc32)cc1. The van der Waals surface area contributed by atoms with E-state index in [9.17, 15) is 0 Å². The van der Waals surface area contributed by atoms with Crippen LogP contribution in [0.5, 0.6) is 0 Å². The van der Waals surface area contributed by atoms with Gasteiger partial charge in [-0.25, -0.2) is 14.5 Å². The fourth-order valence-electron chi connectivity index (χ4n) is 3.79. The first-order chi connectivity index (χ1) is 15.8. The lowest BCUT2D eigenvalue weighted by Crippen LogP contribution is -2.04. The number of nitrogens with zero attached hydrogens (tertiary/aromatic N) is 5. The van der Waals surface area contributed by atoms with Crippen LogP contribution in [-0.2, 0) is 12.3 Å². The van der Waals surface area contributed by atoms with Gasteiger partial charge in [0.25, 0.3) is 0 Å². The minimum atomic E-state index is 0.754. The van der Waals surface area contributed by atoms with Crippen LogP contribution in [-0.4, -0.2) is 24.1 Å². The predicted octanol–water partition coefficient (Wildman–Crippen LogP) is 6.15. The normalized spacial score (nSPS) is 11.5. The van der Waals surface area contributed by atoms with Gasteiger partial charge in [-0.05, 0) is 17.7 Å². The summed E-state index contributed by atoms with van der Waals surface area (Å²) in [7, 11) is 0. The molecule has 156 valence electrons. The van der Waals surface area contributed by atoms with E-state index in [-0.39, 0.29) is 0 Å². The fraction of sp³-hybridized carbons (Fsp3) is 0.0800. The minimum absolute atomic E-state index is 0.754. The Hall–Kier alpha value is -3.42. The Morgan fingerprint density at radius 1 is 0.812 bits per heavy atom. The van der Waals surface area contributed by atoms with Crippen LogP contribution in [0.3, 0.4) is 0 Å². The molecule has 3 aromatic heterocycles. The van der Waals surface area contributed by atoms with Crippen LogP contribution in [0, 0.1) is 0 Å². The van der Waals surface area contributed by atoms with Crippen LogP contribution in [0.25, 0.3) is 27.3 Å². The van der Waals surface area contributed by atoms with Crippen LogP contribution in [0.15, 0.2) is 95.5 Å². The molecule has 0 amide bonds. The van der Waals surface area contributed by atoms with E-state index in [1.165, 1.54) is 5.56 Å². The third-order valence-corrected chi connectivity index (χ3v) is 7.39. The highest BCUT2D eigenvalue weighted by molar-refractivity contribution is 8.00. The van der Waals surface area contributed by atoms with Crippen molar-refractivity contribution in [1.29, 1.82) is 0 Å². The molecule has 6 aromatic rings. The van der Waals surface area contributed by atoms with Gasteiger partial charge in [0, 0.05) is 12.1 Å². The van der Waals surface area contributed by atoms with Gasteiger partial charge < -0.3 is 4.57 Å². The molecule has 0 fully saturated rings. The van der Waals surface area contributed by atoms with E-state index in [1.807, 2.05) is 41.0 Å². The maximum atomic E-state index is 4.92. The van der Waals surface area contributed by atoms with Crippen LogP contribution in [0.2, 0.25) is 0 Å². The van der Waals surface area contributed by atoms with Gasteiger partial charge in [0.1, 0.15) is 5.82 Å². The van der Waals surface area contributed by atoms with Gasteiger partial charge in [0.2, 0.25) is 4.96 Å². The first-order valence-electron chi connectivity index (χ1n) is 10.4. The van der Waals surface area contributed by atoms with Crippen molar-refractivity contribution >= 4 is 39.1 Å². The summed E-state index contributed by atoms with van der Waals surface area (Å²) >= 11 is 3.32. The first-order valence-corrected chi connectivity index (χ1v) is 12.2. The second-order valence-electron chi connectivity index (χ2n) is 7.46. The van der Waals surface area contributed by atoms with Crippen LogP contribution < -0.4 is 0 Å². The number of hydrogen-bond donors (Lipinski definition) is 0. The van der Waals surface area contributed by atoms with Crippen molar-refractivity contribution in [2.24, 2.45) is 0 Å². The quantitative estimate of drug-likeness (QED) is 0.284. The number of imidazole rings is 2. The maximum Gasteiger partial charge on any atom is 0.213 e. The molecule has 32 heavy (non-hydrogen) atoms. The van der Waals surface area contributed by atoms with Crippen molar-refractivity contribution in [3.63, 3.8) is 0 Å². The van der Waals surface area contributed by atoms with Gasteiger partial charge in [0.15, 0.2) is 4.34 Å². The second kappa shape index (κ2) is 8.26. The van der Waals surface area contributed by atoms with E-state index in [0.29, 0.717) is 0 Å². The summed E-state index contributed by atoms with van der Waals surface area (Å²) in [6.45, 7) is 0.804. The zero-order valence-corrected chi connectivity index (χ0v) is 18.8. The molecule has 0 aliphatic rings. The summed E-state index contributed by atoms with van der Waals surface area (Å²) in [6.07, 6.45) is 2.00. The maximum absolute atomic E-state index is 4.92. The standard InChI is InChI=1S/C25H19N5S2/c1-3-9-18(10-4-1)15-29-22-14-8-7-13-20(22)26-23(29)17-31-25-28-30-16-21(27-24(30)32-25)19-11-5-2-6-12-19/h1-14,16H,15,17H2. The minimum Gasteiger partial charge on any atom is -0.323 e. The van der Waals surface area contributed by atoms with Gasteiger partial charge >= 0.3 is 0 Å². The number of rotatable bonds is 6. The Morgan fingerprint density at radius 2 is 1.56 bits per heavy atom.